The normalized spacial score (nSPS) is 20.2. The number of carbonyl (C=O) groups is 2. The Kier molecular flexibility index (Phi) is 6.80. The quantitative estimate of drug-likeness (QED) is 0.454. The maximum atomic E-state index is 11.9. The van der Waals surface area contributed by atoms with Crippen molar-refractivity contribution in [3.8, 4) is 0 Å². The van der Waals surface area contributed by atoms with Crippen molar-refractivity contribution in [2.24, 2.45) is 0 Å². The van der Waals surface area contributed by atoms with Gasteiger partial charge in [-0.25, -0.2) is 9.59 Å². The van der Waals surface area contributed by atoms with Crippen LogP contribution >= 0.6 is 0 Å². The molecular formula is C17H30N2O5. The first-order chi connectivity index (χ1) is 11.0. The molecule has 1 fully saturated rings. The lowest BCUT2D eigenvalue weighted by molar-refractivity contribution is -0.276. The summed E-state index contributed by atoms with van der Waals surface area (Å²) in [5.74, 6) is -0.472. The van der Waals surface area contributed by atoms with E-state index in [0.29, 0.717) is 18.4 Å². The number of amides is 1. The summed E-state index contributed by atoms with van der Waals surface area (Å²) >= 11 is 0. The number of esters is 1. The topological polar surface area (TPSA) is 77.1 Å². The highest BCUT2D eigenvalue weighted by atomic mass is 16.7. The van der Waals surface area contributed by atoms with E-state index in [1.807, 2.05) is 5.06 Å². The number of nitrogens with one attached hydrogen (secondary N) is 1. The number of nitrogens with zero attached hydrogens (tertiary/aromatic N) is 1. The van der Waals surface area contributed by atoms with Crippen molar-refractivity contribution in [2.75, 3.05) is 20.3 Å². The molecule has 1 aliphatic rings. The summed E-state index contributed by atoms with van der Waals surface area (Å²) in [5.41, 5.74) is -0.177. The van der Waals surface area contributed by atoms with Crippen molar-refractivity contribution in [3.05, 3.63) is 12.2 Å². The lowest BCUT2D eigenvalue weighted by Gasteiger charge is -2.52. The minimum atomic E-state index is -0.510. The van der Waals surface area contributed by atoms with Gasteiger partial charge in [-0.3, -0.25) is 0 Å². The van der Waals surface area contributed by atoms with E-state index in [9.17, 15) is 9.59 Å². The number of carbonyl (C=O) groups excluding carboxylic acids is 2. The molecule has 1 aliphatic heterocycles. The molecule has 1 heterocycles. The Labute approximate surface area is 144 Å². The van der Waals surface area contributed by atoms with Crippen molar-refractivity contribution in [1.29, 1.82) is 0 Å². The summed E-state index contributed by atoms with van der Waals surface area (Å²) < 4.78 is 10.4. The molecule has 7 nitrogen and oxygen atoms in total. The zero-order valence-corrected chi connectivity index (χ0v) is 15.6. The number of hydroxylamine groups is 2. The molecule has 24 heavy (non-hydrogen) atoms. The highest BCUT2D eigenvalue weighted by molar-refractivity contribution is 5.86. The Morgan fingerprint density at radius 3 is 2.21 bits per heavy atom. The van der Waals surface area contributed by atoms with Crippen molar-refractivity contribution in [2.45, 2.75) is 64.6 Å². The second kappa shape index (κ2) is 7.98. The van der Waals surface area contributed by atoms with E-state index in [2.05, 4.69) is 39.6 Å². The number of ether oxygens (including phenoxy) is 2. The second-order valence-electron chi connectivity index (χ2n) is 7.38. The number of hydrogen-bond acceptors (Lipinski definition) is 6. The molecule has 1 amide bonds. The average molecular weight is 342 g/mol. The third-order valence-electron chi connectivity index (χ3n) is 3.96. The fourth-order valence-electron chi connectivity index (χ4n) is 3.36. The van der Waals surface area contributed by atoms with Gasteiger partial charge >= 0.3 is 12.1 Å². The van der Waals surface area contributed by atoms with Gasteiger partial charge in [0.15, 0.2) is 0 Å². The molecule has 1 rings (SSSR count). The van der Waals surface area contributed by atoms with Gasteiger partial charge < -0.3 is 19.6 Å². The average Bonchev–Trinajstić information content (AvgIpc) is 2.40. The third-order valence-corrected chi connectivity index (χ3v) is 3.96. The van der Waals surface area contributed by atoms with Crippen LogP contribution < -0.4 is 5.32 Å². The summed E-state index contributed by atoms with van der Waals surface area (Å²) in [6.07, 6.45) is 0.619. The molecule has 0 bridgehead atoms. The SMILES string of the molecule is C=C(C)C(=O)OCCNC(=O)OC1CC(C)(C)N(OC)C(C)(C)C1. The van der Waals surface area contributed by atoms with Crippen LogP contribution in [0.25, 0.3) is 0 Å². The Bertz CT molecular complexity index is 469. The fourth-order valence-corrected chi connectivity index (χ4v) is 3.36. The van der Waals surface area contributed by atoms with E-state index in [1.165, 1.54) is 0 Å². The van der Waals surface area contributed by atoms with E-state index >= 15 is 0 Å². The zero-order valence-electron chi connectivity index (χ0n) is 15.6. The van der Waals surface area contributed by atoms with Crippen molar-refractivity contribution in [3.63, 3.8) is 0 Å². The van der Waals surface area contributed by atoms with E-state index in [4.69, 9.17) is 14.3 Å². The van der Waals surface area contributed by atoms with Crippen molar-refractivity contribution in [1.82, 2.24) is 10.4 Å². The Morgan fingerprint density at radius 1 is 1.21 bits per heavy atom. The van der Waals surface area contributed by atoms with Gasteiger partial charge in [-0.05, 0) is 34.6 Å². The van der Waals surface area contributed by atoms with Crippen LogP contribution in [0.4, 0.5) is 4.79 Å². The Balaban J connectivity index is 2.45. The maximum Gasteiger partial charge on any atom is 0.407 e. The molecular weight excluding hydrogens is 312 g/mol. The number of rotatable bonds is 6. The molecule has 1 saturated heterocycles. The van der Waals surface area contributed by atoms with Gasteiger partial charge in [0.2, 0.25) is 0 Å². The largest absolute Gasteiger partial charge is 0.460 e. The Hall–Kier alpha value is -1.60. The van der Waals surface area contributed by atoms with E-state index in [1.54, 1.807) is 14.0 Å². The summed E-state index contributed by atoms with van der Waals surface area (Å²) in [6, 6.07) is 0. The highest BCUT2D eigenvalue weighted by Gasteiger charge is 2.47. The first-order valence-corrected chi connectivity index (χ1v) is 8.11. The zero-order chi connectivity index (χ0) is 18.5. The monoisotopic (exact) mass is 342 g/mol. The van der Waals surface area contributed by atoms with Crippen molar-refractivity contribution < 1.29 is 23.9 Å². The smallest absolute Gasteiger partial charge is 0.407 e. The lowest BCUT2D eigenvalue weighted by atomic mass is 9.80. The standard InChI is InChI=1S/C17H30N2O5/c1-12(2)14(20)23-9-8-18-15(21)24-13-10-16(3,4)19(22-7)17(5,6)11-13/h13H,1,8-11H2,2-7H3,(H,18,21). The predicted octanol–water partition coefficient (Wildman–Crippen LogP) is 2.41. The minimum Gasteiger partial charge on any atom is -0.460 e. The molecule has 0 unspecified atom stereocenters. The molecule has 0 saturated carbocycles. The number of piperidine rings is 1. The first-order valence-electron chi connectivity index (χ1n) is 8.11. The van der Waals surface area contributed by atoms with Crippen LogP contribution in [0, 0.1) is 0 Å². The van der Waals surface area contributed by atoms with Crippen LogP contribution in [-0.2, 0) is 19.1 Å². The van der Waals surface area contributed by atoms with Crippen LogP contribution in [0.5, 0.6) is 0 Å². The molecule has 0 aromatic heterocycles. The van der Waals surface area contributed by atoms with Crippen molar-refractivity contribution >= 4 is 12.1 Å². The summed E-state index contributed by atoms with van der Waals surface area (Å²) in [4.78, 5) is 28.7. The molecule has 0 spiro atoms. The number of hydrogen-bond donors (Lipinski definition) is 1. The molecule has 0 atom stereocenters. The molecule has 7 heteroatoms. The summed E-state index contributed by atoms with van der Waals surface area (Å²) in [7, 11) is 1.66. The minimum absolute atomic E-state index is 0.0832. The van der Waals surface area contributed by atoms with E-state index < -0.39 is 12.1 Å². The third kappa shape index (κ3) is 5.49. The maximum absolute atomic E-state index is 11.9. The molecule has 0 aliphatic carbocycles. The van der Waals surface area contributed by atoms with E-state index in [0.717, 1.165) is 0 Å². The van der Waals surface area contributed by atoms with Crippen LogP contribution in [0.3, 0.4) is 0 Å². The second-order valence-corrected chi connectivity index (χ2v) is 7.38. The molecule has 0 aromatic carbocycles. The predicted molar refractivity (Wildman–Crippen MR) is 90.3 cm³/mol. The van der Waals surface area contributed by atoms with Crippen LogP contribution in [0.1, 0.15) is 47.5 Å². The van der Waals surface area contributed by atoms with Gasteiger partial charge in [0.25, 0.3) is 0 Å². The highest BCUT2D eigenvalue weighted by Crippen LogP contribution is 2.39. The molecule has 1 N–H and O–H groups in total. The van der Waals surface area contributed by atoms with Gasteiger partial charge in [0, 0.05) is 29.5 Å². The van der Waals surface area contributed by atoms with Gasteiger partial charge in [-0.1, -0.05) is 6.58 Å². The lowest BCUT2D eigenvalue weighted by Crippen LogP contribution is -2.61. The van der Waals surface area contributed by atoms with Gasteiger partial charge in [0.1, 0.15) is 12.7 Å². The van der Waals surface area contributed by atoms with Crippen LogP contribution in [0.15, 0.2) is 12.2 Å². The van der Waals surface area contributed by atoms with Gasteiger partial charge in [-0.15, -0.1) is 0 Å². The number of alkyl carbamates (subject to hydrolysis) is 1. The van der Waals surface area contributed by atoms with Gasteiger partial charge in [0.05, 0.1) is 13.7 Å². The van der Waals surface area contributed by atoms with Gasteiger partial charge in [-0.2, -0.15) is 5.06 Å². The Morgan fingerprint density at radius 2 is 1.75 bits per heavy atom. The molecule has 138 valence electrons. The fraction of sp³-hybridized carbons (Fsp3) is 0.765. The molecule has 0 radical (unpaired) electrons. The van der Waals surface area contributed by atoms with Crippen LogP contribution in [0.2, 0.25) is 0 Å². The molecule has 0 aromatic rings. The van der Waals surface area contributed by atoms with E-state index in [-0.39, 0.29) is 30.3 Å². The first kappa shape index (κ1) is 20.4. The van der Waals surface area contributed by atoms with Crippen LogP contribution in [-0.4, -0.2) is 54.6 Å². The summed E-state index contributed by atoms with van der Waals surface area (Å²) in [5, 5.41) is 4.54. The summed E-state index contributed by atoms with van der Waals surface area (Å²) in [6.45, 7) is 13.6.